The smallest absolute Gasteiger partial charge is 0.0733 e. The highest BCUT2D eigenvalue weighted by molar-refractivity contribution is 6.03. The Morgan fingerprint density at radius 3 is 1.47 bits per heavy atom. The van der Waals surface area contributed by atoms with Crippen molar-refractivity contribution in [2.24, 2.45) is 0 Å². The second-order valence-corrected chi connectivity index (χ2v) is 22.6. The van der Waals surface area contributed by atoms with Gasteiger partial charge in [-0.1, -0.05) is 221 Å². The van der Waals surface area contributed by atoms with Gasteiger partial charge in [-0.15, -0.1) is 0 Å². The molecule has 1 unspecified atom stereocenters. The lowest BCUT2D eigenvalue weighted by molar-refractivity contribution is 0.443. The topological polar surface area (TPSA) is 6.48 Å². The first-order valence-electron chi connectivity index (χ1n) is 28.2. The molecule has 4 aliphatic rings. The van der Waals surface area contributed by atoms with E-state index in [1.165, 1.54) is 127 Å². The molecule has 1 fully saturated rings. The summed E-state index contributed by atoms with van der Waals surface area (Å²) in [6.07, 6.45) is 6.55. The number of benzene rings is 11. The number of nitrogens with zero attached hydrogens (tertiary/aromatic N) is 2. The number of fused-ring (bicyclic) bond motifs is 13. The minimum Gasteiger partial charge on any atom is -0.310 e. The molecule has 2 nitrogen and oxygen atoms in total. The molecule has 2 heteroatoms. The zero-order valence-electron chi connectivity index (χ0n) is 44.3. The maximum atomic E-state index is 2.58. The number of anilines is 6. The fourth-order valence-corrected chi connectivity index (χ4v) is 14.5. The van der Waals surface area contributed by atoms with Crippen LogP contribution in [0.15, 0.2) is 261 Å². The first-order valence-corrected chi connectivity index (χ1v) is 28.2. The highest BCUT2D eigenvalue weighted by Gasteiger charge is 2.54. The normalized spacial score (nSPS) is 16.2. The second kappa shape index (κ2) is 18.4. The average molecular weight is 1000 g/mol. The standard InChI is InChI=1S/C76H60N2/c1-75(2)68-37-20-18-33-61(68)66-47-58(44-46-69(66)75)77(55-27-12-5-13-28-55)59-43-45-63-64-36-22-35-60(54-41-39-52(40-42-54)51-23-8-3-9-24-51)74(64)76(71(63)48-59)70-38-21-19-34-62(70)67-49-65(53-25-10-4-11-26-53)73(50-72(67)76)78(56-29-14-6-15-30-56)57-31-16-7-17-32-57/h4-7,10-22,25-51H,3,8-9,23-24H2,1-2H3. The molecule has 0 aliphatic heterocycles. The lowest BCUT2D eigenvalue weighted by atomic mass is 9.68. The molecule has 78 heavy (non-hydrogen) atoms. The Morgan fingerprint density at radius 1 is 0.308 bits per heavy atom. The third-order valence-electron chi connectivity index (χ3n) is 18.0. The summed E-state index contributed by atoms with van der Waals surface area (Å²) in [5.74, 6) is 0.630. The highest BCUT2D eigenvalue weighted by atomic mass is 15.1. The van der Waals surface area contributed by atoms with Crippen LogP contribution in [0.4, 0.5) is 34.1 Å². The molecule has 0 radical (unpaired) electrons. The monoisotopic (exact) mass is 1000 g/mol. The quantitative estimate of drug-likeness (QED) is 0.142. The van der Waals surface area contributed by atoms with Crippen LogP contribution in [0.2, 0.25) is 0 Å². The first-order chi connectivity index (χ1) is 38.5. The van der Waals surface area contributed by atoms with Gasteiger partial charge < -0.3 is 9.80 Å². The first kappa shape index (κ1) is 46.3. The Labute approximate surface area is 459 Å². The molecule has 1 spiro atoms. The van der Waals surface area contributed by atoms with Crippen LogP contribution in [0.3, 0.4) is 0 Å². The predicted molar refractivity (Wildman–Crippen MR) is 326 cm³/mol. The zero-order chi connectivity index (χ0) is 52.0. The van der Waals surface area contributed by atoms with Crippen molar-refractivity contribution in [2.75, 3.05) is 9.80 Å². The number of hydrogen-bond acceptors (Lipinski definition) is 2. The molecule has 11 aromatic carbocycles. The largest absolute Gasteiger partial charge is 0.310 e. The zero-order valence-corrected chi connectivity index (χ0v) is 44.3. The van der Waals surface area contributed by atoms with E-state index < -0.39 is 5.41 Å². The third kappa shape index (κ3) is 7.09. The van der Waals surface area contributed by atoms with Crippen molar-refractivity contribution in [3.05, 3.63) is 300 Å². The van der Waals surface area contributed by atoms with Crippen LogP contribution < -0.4 is 9.80 Å². The van der Waals surface area contributed by atoms with Crippen molar-refractivity contribution in [3.63, 3.8) is 0 Å². The van der Waals surface area contributed by atoms with Crippen LogP contribution in [-0.2, 0) is 10.8 Å². The number of rotatable bonds is 9. The van der Waals surface area contributed by atoms with Gasteiger partial charge in [-0.05, 0) is 181 Å². The summed E-state index contributed by atoms with van der Waals surface area (Å²) in [7, 11) is 0. The molecule has 15 rings (SSSR count). The van der Waals surface area contributed by atoms with E-state index in [4.69, 9.17) is 0 Å². The van der Waals surface area contributed by atoms with Gasteiger partial charge in [0.2, 0.25) is 0 Å². The Hall–Kier alpha value is -8.98. The molecule has 0 amide bonds. The lowest BCUT2D eigenvalue weighted by Gasteiger charge is -2.35. The maximum Gasteiger partial charge on any atom is 0.0733 e. The summed E-state index contributed by atoms with van der Waals surface area (Å²) in [6, 6.07) is 98.8. The SMILES string of the molecule is CC1(C)c2ccccc2-c2cc(N(c3ccccc3)c3ccc4c(c3)C3(c5ccccc5-c5cc(-c6ccccc6)c(N(c6ccccc6)c6ccccc6)cc53)c3c(-c5ccc(C6CCCCC6)cc5)cccc3-4)ccc21. The molecule has 0 bridgehead atoms. The molecule has 0 saturated heterocycles. The number of hydrogen-bond donors (Lipinski definition) is 0. The molecule has 0 N–H and O–H groups in total. The Morgan fingerprint density at radius 2 is 0.795 bits per heavy atom. The van der Waals surface area contributed by atoms with Gasteiger partial charge in [0.1, 0.15) is 0 Å². The lowest BCUT2D eigenvalue weighted by Crippen LogP contribution is -2.27. The highest BCUT2D eigenvalue weighted by Crippen LogP contribution is 2.66. The van der Waals surface area contributed by atoms with E-state index in [0.29, 0.717) is 5.92 Å². The van der Waals surface area contributed by atoms with Crippen molar-refractivity contribution in [1.29, 1.82) is 0 Å². The van der Waals surface area contributed by atoms with Crippen molar-refractivity contribution >= 4 is 34.1 Å². The van der Waals surface area contributed by atoms with Gasteiger partial charge in [0.15, 0.2) is 0 Å². The molecule has 374 valence electrons. The maximum absolute atomic E-state index is 2.58. The summed E-state index contributed by atoms with van der Waals surface area (Å²) in [6.45, 7) is 4.74. The van der Waals surface area contributed by atoms with Crippen molar-refractivity contribution in [3.8, 4) is 55.6 Å². The van der Waals surface area contributed by atoms with Crippen LogP contribution in [0, 0.1) is 0 Å². The van der Waals surface area contributed by atoms with Crippen LogP contribution >= 0.6 is 0 Å². The van der Waals surface area contributed by atoms with E-state index in [1.54, 1.807) is 0 Å². The molecular formula is C76H60N2. The van der Waals surface area contributed by atoms with Crippen molar-refractivity contribution < 1.29 is 0 Å². The van der Waals surface area contributed by atoms with Crippen LogP contribution in [0.25, 0.3) is 55.6 Å². The molecule has 0 heterocycles. The number of para-hydroxylation sites is 3. The third-order valence-corrected chi connectivity index (χ3v) is 18.0. The Bertz CT molecular complexity index is 4040. The Kier molecular flexibility index (Phi) is 10.9. The van der Waals surface area contributed by atoms with Crippen LogP contribution in [0.5, 0.6) is 0 Å². The van der Waals surface area contributed by atoms with Gasteiger partial charge in [0.05, 0.1) is 11.1 Å². The van der Waals surface area contributed by atoms with Gasteiger partial charge in [-0.2, -0.15) is 0 Å². The van der Waals surface area contributed by atoms with E-state index in [1.807, 2.05) is 0 Å². The summed E-state index contributed by atoms with van der Waals surface area (Å²) in [4.78, 5) is 4.97. The van der Waals surface area contributed by atoms with E-state index >= 15 is 0 Å². The van der Waals surface area contributed by atoms with Crippen molar-refractivity contribution in [1.82, 2.24) is 0 Å². The van der Waals surface area contributed by atoms with E-state index in [-0.39, 0.29) is 5.41 Å². The van der Waals surface area contributed by atoms with E-state index in [9.17, 15) is 0 Å². The van der Waals surface area contributed by atoms with Crippen molar-refractivity contribution in [2.45, 2.75) is 62.7 Å². The van der Waals surface area contributed by atoms with E-state index in [2.05, 4.69) is 285 Å². The van der Waals surface area contributed by atoms with Crippen LogP contribution in [-0.4, -0.2) is 0 Å². The molecule has 1 atom stereocenters. The minimum absolute atomic E-state index is 0.0965. The van der Waals surface area contributed by atoms with Gasteiger partial charge in [0.25, 0.3) is 0 Å². The summed E-state index contributed by atoms with van der Waals surface area (Å²) >= 11 is 0. The summed E-state index contributed by atoms with van der Waals surface area (Å²) in [5, 5.41) is 0. The van der Waals surface area contributed by atoms with E-state index in [0.717, 1.165) is 34.1 Å². The fourth-order valence-electron chi connectivity index (χ4n) is 14.5. The molecule has 1 saturated carbocycles. The van der Waals surface area contributed by atoms with Gasteiger partial charge in [-0.3, -0.25) is 0 Å². The van der Waals surface area contributed by atoms with Gasteiger partial charge in [-0.25, -0.2) is 0 Å². The van der Waals surface area contributed by atoms with Crippen LogP contribution in [0.1, 0.15) is 90.8 Å². The second-order valence-electron chi connectivity index (χ2n) is 22.6. The Balaban J connectivity index is 1.03. The summed E-state index contributed by atoms with van der Waals surface area (Å²) in [5.41, 5.74) is 28.0. The molecule has 4 aliphatic carbocycles. The molecule has 11 aromatic rings. The summed E-state index contributed by atoms with van der Waals surface area (Å²) < 4.78 is 0. The fraction of sp³-hybridized carbons (Fsp3) is 0.132. The van der Waals surface area contributed by atoms with Gasteiger partial charge in [0, 0.05) is 39.4 Å². The molecular weight excluding hydrogens is 941 g/mol. The molecule has 0 aromatic heterocycles. The minimum atomic E-state index is -0.711. The average Bonchev–Trinajstić information content (AvgIpc) is 2.90. The van der Waals surface area contributed by atoms with Gasteiger partial charge >= 0.3 is 0 Å². The predicted octanol–water partition coefficient (Wildman–Crippen LogP) is 20.7.